The fourth-order valence-electron chi connectivity index (χ4n) is 6.34. The standard InChI is InChI=1S/C24H39N5O2.HI/c1-25-24(27-15-19(28(2)3)16-8-5-4-6-9-16)26-12-7-13-29-22(30)20-17-10-11-18(14-17)21(20)23(29)31;/h10-11,16-21H,4-9,12-15H2,1-3H3,(H2,25,26,27);1H. The van der Waals surface area contributed by atoms with Crippen molar-refractivity contribution in [2.75, 3.05) is 40.8 Å². The number of likely N-dealkylation sites (tertiary alicyclic amines) is 1. The van der Waals surface area contributed by atoms with Gasteiger partial charge in [0.15, 0.2) is 5.96 Å². The van der Waals surface area contributed by atoms with E-state index < -0.39 is 0 Å². The monoisotopic (exact) mass is 557 g/mol. The van der Waals surface area contributed by atoms with Gasteiger partial charge in [0.05, 0.1) is 11.8 Å². The largest absolute Gasteiger partial charge is 0.356 e. The van der Waals surface area contributed by atoms with Gasteiger partial charge in [-0.05, 0) is 57.5 Å². The average Bonchev–Trinajstić information content (AvgIpc) is 3.45. The molecule has 4 rings (SSSR count). The van der Waals surface area contributed by atoms with Gasteiger partial charge in [0, 0.05) is 32.7 Å². The van der Waals surface area contributed by atoms with E-state index >= 15 is 0 Å². The van der Waals surface area contributed by atoms with Crippen LogP contribution in [0.15, 0.2) is 17.1 Å². The predicted molar refractivity (Wildman–Crippen MR) is 138 cm³/mol. The third-order valence-electron chi connectivity index (χ3n) is 7.97. The molecule has 3 aliphatic carbocycles. The van der Waals surface area contributed by atoms with Crippen LogP contribution in [0.1, 0.15) is 44.9 Å². The third-order valence-corrected chi connectivity index (χ3v) is 7.97. The Morgan fingerprint density at radius 1 is 1.09 bits per heavy atom. The second-order valence-electron chi connectivity index (χ2n) is 9.99. The molecule has 1 aliphatic heterocycles. The quantitative estimate of drug-likeness (QED) is 0.120. The molecule has 0 spiro atoms. The summed E-state index contributed by atoms with van der Waals surface area (Å²) in [5.74, 6) is 2.02. The zero-order chi connectivity index (χ0) is 22.0. The van der Waals surface area contributed by atoms with Crippen LogP contribution in [-0.2, 0) is 9.59 Å². The number of amides is 2. The molecular formula is C24H40IN5O2. The van der Waals surface area contributed by atoms with Crippen molar-refractivity contribution in [3.8, 4) is 0 Å². The van der Waals surface area contributed by atoms with Crippen molar-refractivity contribution in [3.63, 3.8) is 0 Å². The fourth-order valence-corrected chi connectivity index (χ4v) is 6.34. The van der Waals surface area contributed by atoms with Gasteiger partial charge < -0.3 is 15.5 Å². The first-order chi connectivity index (χ1) is 15.0. The van der Waals surface area contributed by atoms with Crippen LogP contribution in [0.3, 0.4) is 0 Å². The molecule has 0 radical (unpaired) electrons. The molecule has 1 saturated heterocycles. The first-order valence-electron chi connectivity index (χ1n) is 12.2. The molecule has 8 heteroatoms. The summed E-state index contributed by atoms with van der Waals surface area (Å²) in [5.41, 5.74) is 0. The van der Waals surface area contributed by atoms with Gasteiger partial charge in [-0.2, -0.15) is 0 Å². The highest BCUT2D eigenvalue weighted by Crippen LogP contribution is 2.52. The van der Waals surface area contributed by atoms with Crippen LogP contribution in [0.25, 0.3) is 0 Å². The minimum atomic E-state index is -0.0901. The minimum Gasteiger partial charge on any atom is -0.356 e. The number of nitrogens with zero attached hydrogens (tertiary/aromatic N) is 3. The molecule has 4 aliphatic rings. The summed E-state index contributed by atoms with van der Waals surface area (Å²) in [4.78, 5) is 33.8. The second kappa shape index (κ2) is 11.3. The van der Waals surface area contributed by atoms with Crippen LogP contribution in [0.4, 0.5) is 0 Å². The highest BCUT2D eigenvalue weighted by Gasteiger charge is 2.58. The lowest BCUT2D eigenvalue weighted by Gasteiger charge is -2.35. The Morgan fingerprint density at radius 2 is 1.72 bits per heavy atom. The molecular weight excluding hydrogens is 517 g/mol. The Kier molecular flexibility index (Phi) is 9.00. The molecule has 5 unspecified atom stereocenters. The van der Waals surface area contributed by atoms with E-state index in [1.807, 2.05) is 0 Å². The van der Waals surface area contributed by atoms with Crippen LogP contribution in [0, 0.1) is 29.6 Å². The van der Waals surface area contributed by atoms with E-state index in [-0.39, 0.29) is 59.5 Å². The minimum absolute atomic E-state index is 0. The van der Waals surface area contributed by atoms with Gasteiger partial charge in [0.2, 0.25) is 11.8 Å². The second-order valence-corrected chi connectivity index (χ2v) is 9.99. The summed E-state index contributed by atoms with van der Waals surface area (Å²) < 4.78 is 0. The van der Waals surface area contributed by atoms with Crippen molar-refractivity contribution in [3.05, 3.63) is 12.2 Å². The van der Waals surface area contributed by atoms with E-state index in [1.165, 1.54) is 37.0 Å². The van der Waals surface area contributed by atoms with Gasteiger partial charge in [-0.25, -0.2) is 0 Å². The third kappa shape index (κ3) is 5.16. The van der Waals surface area contributed by atoms with E-state index in [1.54, 1.807) is 7.05 Å². The molecule has 2 N–H and O–H groups in total. The van der Waals surface area contributed by atoms with E-state index in [0.717, 1.165) is 31.3 Å². The van der Waals surface area contributed by atoms with Crippen molar-refractivity contribution in [2.45, 2.75) is 51.0 Å². The summed E-state index contributed by atoms with van der Waals surface area (Å²) in [6.07, 6.45) is 12.7. The summed E-state index contributed by atoms with van der Waals surface area (Å²) >= 11 is 0. The Morgan fingerprint density at radius 3 is 2.28 bits per heavy atom. The number of aliphatic imine (C=N–C) groups is 1. The number of imide groups is 1. The SMILES string of the molecule is CN=C(NCCCN1C(=O)C2C3C=CC(C3)C2C1=O)NCC(C1CCCCC1)N(C)C.I. The lowest BCUT2D eigenvalue weighted by Crippen LogP contribution is -2.48. The Balaban J connectivity index is 0.00000289. The molecule has 7 nitrogen and oxygen atoms in total. The van der Waals surface area contributed by atoms with Gasteiger partial charge in [-0.15, -0.1) is 24.0 Å². The van der Waals surface area contributed by atoms with Gasteiger partial charge in [-0.3, -0.25) is 19.5 Å². The van der Waals surface area contributed by atoms with Crippen molar-refractivity contribution in [2.24, 2.45) is 34.6 Å². The summed E-state index contributed by atoms with van der Waals surface area (Å²) in [6, 6.07) is 0.502. The van der Waals surface area contributed by atoms with Crippen LogP contribution in [0.2, 0.25) is 0 Å². The lowest BCUT2D eigenvalue weighted by molar-refractivity contribution is -0.140. The molecule has 0 aromatic carbocycles. The summed E-state index contributed by atoms with van der Waals surface area (Å²) in [5, 5.41) is 6.85. The first kappa shape index (κ1) is 25.5. The zero-order valence-corrected chi connectivity index (χ0v) is 22.1. The number of likely N-dealkylation sites (N-methyl/N-ethyl adjacent to an activating group) is 1. The number of hydrogen-bond acceptors (Lipinski definition) is 4. The number of halogens is 1. The predicted octanol–water partition coefficient (Wildman–Crippen LogP) is 2.48. The van der Waals surface area contributed by atoms with Crippen molar-refractivity contribution in [1.82, 2.24) is 20.4 Å². The Labute approximate surface area is 209 Å². The number of carbonyl (C=O) groups excluding carboxylic acids is 2. The van der Waals surface area contributed by atoms with Crippen molar-refractivity contribution >= 4 is 41.8 Å². The molecule has 3 fully saturated rings. The zero-order valence-electron chi connectivity index (χ0n) is 19.8. The maximum absolute atomic E-state index is 12.8. The van der Waals surface area contributed by atoms with E-state index in [4.69, 9.17) is 0 Å². The molecule has 1 heterocycles. The molecule has 2 saturated carbocycles. The maximum Gasteiger partial charge on any atom is 0.233 e. The average molecular weight is 558 g/mol. The van der Waals surface area contributed by atoms with E-state index in [2.05, 4.69) is 46.8 Å². The summed E-state index contributed by atoms with van der Waals surface area (Å²) in [7, 11) is 6.12. The Hall–Kier alpha value is -1.16. The van der Waals surface area contributed by atoms with Gasteiger partial charge >= 0.3 is 0 Å². The number of guanidine groups is 1. The topological polar surface area (TPSA) is 77.0 Å². The van der Waals surface area contributed by atoms with Crippen molar-refractivity contribution in [1.29, 1.82) is 0 Å². The first-order valence-corrected chi connectivity index (χ1v) is 12.2. The number of carbonyl (C=O) groups is 2. The fraction of sp³-hybridized carbons (Fsp3) is 0.792. The highest BCUT2D eigenvalue weighted by molar-refractivity contribution is 14.0. The van der Waals surface area contributed by atoms with Crippen molar-refractivity contribution < 1.29 is 9.59 Å². The maximum atomic E-state index is 12.8. The van der Waals surface area contributed by atoms with Crippen LogP contribution >= 0.6 is 24.0 Å². The Bertz CT molecular complexity index is 704. The van der Waals surface area contributed by atoms with Gasteiger partial charge in [-0.1, -0.05) is 31.4 Å². The lowest BCUT2D eigenvalue weighted by atomic mass is 9.83. The number of rotatable bonds is 8. The van der Waals surface area contributed by atoms with Crippen LogP contribution < -0.4 is 10.6 Å². The normalized spacial score (nSPS) is 30.6. The van der Waals surface area contributed by atoms with Gasteiger partial charge in [0.25, 0.3) is 0 Å². The molecule has 0 aromatic heterocycles. The molecule has 0 aromatic rings. The van der Waals surface area contributed by atoms with Gasteiger partial charge in [0.1, 0.15) is 0 Å². The molecule has 5 atom stereocenters. The number of hydrogen-bond donors (Lipinski definition) is 2. The summed E-state index contributed by atoms with van der Waals surface area (Å²) in [6.45, 7) is 2.06. The molecule has 32 heavy (non-hydrogen) atoms. The van der Waals surface area contributed by atoms with E-state index in [0.29, 0.717) is 19.1 Å². The molecule has 2 amide bonds. The number of fused-ring (bicyclic) bond motifs is 5. The number of nitrogens with one attached hydrogen (secondary N) is 2. The van der Waals surface area contributed by atoms with Crippen LogP contribution in [0.5, 0.6) is 0 Å². The molecule has 180 valence electrons. The molecule has 2 bridgehead atoms. The highest BCUT2D eigenvalue weighted by atomic mass is 127. The van der Waals surface area contributed by atoms with E-state index in [9.17, 15) is 9.59 Å². The van der Waals surface area contributed by atoms with Crippen LogP contribution in [-0.4, -0.2) is 74.4 Å². The number of allylic oxidation sites excluding steroid dienone is 2. The smallest absolute Gasteiger partial charge is 0.233 e.